The first kappa shape index (κ1) is 19.4. The first-order valence-electron chi connectivity index (χ1n) is 9.12. The van der Waals surface area contributed by atoms with Crippen LogP contribution in [0.5, 0.6) is 5.75 Å². The highest BCUT2D eigenvalue weighted by atomic mass is 32.1. The molecule has 4 aromatic rings. The van der Waals surface area contributed by atoms with Crippen LogP contribution in [0.15, 0.2) is 83.3 Å². The molecule has 6 nitrogen and oxygen atoms in total. The fraction of sp³-hybridized carbons (Fsp3) is 0. The Morgan fingerprint density at radius 2 is 1.80 bits per heavy atom. The standard InChI is InChI=1S/C23H17N3O3S/c27-19-12-11-16(14-17(19)22-25-18-8-4-5-9-20(18)29-22)24-23(30)26-21(28)13-10-15-6-2-1-3-7-15/h1-14,27H,(H2,24,26,28,30). The van der Waals surface area contributed by atoms with Crippen LogP contribution in [0.3, 0.4) is 0 Å². The number of hydrogen-bond acceptors (Lipinski definition) is 5. The summed E-state index contributed by atoms with van der Waals surface area (Å²) in [5.74, 6) is -0.0414. The molecule has 30 heavy (non-hydrogen) atoms. The van der Waals surface area contributed by atoms with Gasteiger partial charge in [-0.25, -0.2) is 4.98 Å². The lowest BCUT2D eigenvalue weighted by Crippen LogP contribution is -2.32. The molecule has 1 amide bonds. The number of fused-ring (bicyclic) bond motifs is 1. The van der Waals surface area contributed by atoms with Gasteiger partial charge >= 0.3 is 0 Å². The van der Waals surface area contributed by atoms with Gasteiger partial charge in [0.2, 0.25) is 11.8 Å². The highest BCUT2D eigenvalue weighted by Gasteiger charge is 2.13. The molecule has 4 rings (SSSR count). The Bertz CT molecular complexity index is 1220. The minimum absolute atomic E-state index is 0.0212. The minimum Gasteiger partial charge on any atom is -0.507 e. The van der Waals surface area contributed by atoms with E-state index in [-0.39, 0.29) is 22.7 Å². The molecule has 0 unspecified atom stereocenters. The van der Waals surface area contributed by atoms with Crippen molar-refractivity contribution in [3.8, 4) is 17.2 Å². The molecule has 1 aromatic heterocycles. The molecule has 0 radical (unpaired) electrons. The number of carbonyl (C=O) groups is 1. The van der Waals surface area contributed by atoms with Crippen molar-refractivity contribution in [3.05, 3.63) is 84.4 Å². The molecule has 3 N–H and O–H groups in total. The molecule has 148 valence electrons. The van der Waals surface area contributed by atoms with Crippen molar-refractivity contribution in [2.24, 2.45) is 0 Å². The topological polar surface area (TPSA) is 87.4 Å². The lowest BCUT2D eigenvalue weighted by Gasteiger charge is -2.10. The molecule has 0 saturated heterocycles. The number of rotatable bonds is 4. The normalized spacial score (nSPS) is 10.9. The number of amides is 1. The number of para-hydroxylation sites is 2. The lowest BCUT2D eigenvalue weighted by molar-refractivity contribution is -0.115. The fourth-order valence-corrected chi connectivity index (χ4v) is 3.04. The fourth-order valence-electron chi connectivity index (χ4n) is 2.82. The predicted molar refractivity (Wildman–Crippen MR) is 121 cm³/mol. The Kier molecular flexibility index (Phi) is 5.54. The van der Waals surface area contributed by atoms with E-state index in [0.717, 1.165) is 5.56 Å². The zero-order chi connectivity index (χ0) is 20.9. The van der Waals surface area contributed by atoms with Gasteiger partial charge in [0.15, 0.2) is 10.7 Å². The predicted octanol–water partition coefficient (Wildman–Crippen LogP) is 4.73. The van der Waals surface area contributed by atoms with Crippen molar-refractivity contribution < 1.29 is 14.3 Å². The van der Waals surface area contributed by atoms with E-state index in [9.17, 15) is 9.90 Å². The SMILES string of the molecule is O=C(C=Cc1ccccc1)NC(=S)Nc1ccc(O)c(-c2nc3ccccc3o2)c1. The highest BCUT2D eigenvalue weighted by molar-refractivity contribution is 7.80. The Morgan fingerprint density at radius 3 is 2.60 bits per heavy atom. The van der Waals surface area contributed by atoms with Crippen LogP contribution in [-0.4, -0.2) is 21.1 Å². The summed E-state index contributed by atoms with van der Waals surface area (Å²) >= 11 is 5.21. The summed E-state index contributed by atoms with van der Waals surface area (Å²) in [4.78, 5) is 16.5. The summed E-state index contributed by atoms with van der Waals surface area (Å²) < 4.78 is 5.72. The van der Waals surface area contributed by atoms with Crippen molar-refractivity contribution in [2.75, 3.05) is 5.32 Å². The molecule has 0 bridgehead atoms. The number of anilines is 1. The van der Waals surface area contributed by atoms with Gasteiger partial charge in [-0.3, -0.25) is 10.1 Å². The van der Waals surface area contributed by atoms with Gasteiger partial charge in [0.05, 0.1) is 5.56 Å². The molecule has 0 atom stereocenters. The maximum atomic E-state index is 12.1. The maximum absolute atomic E-state index is 12.1. The van der Waals surface area contributed by atoms with Gasteiger partial charge in [-0.2, -0.15) is 0 Å². The average molecular weight is 415 g/mol. The molecular weight excluding hydrogens is 398 g/mol. The summed E-state index contributed by atoms with van der Waals surface area (Å²) in [5.41, 5.74) is 3.21. The molecule has 0 aliphatic heterocycles. The number of aromatic nitrogens is 1. The van der Waals surface area contributed by atoms with Gasteiger partial charge < -0.3 is 14.8 Å². The second-order valence-electron chi connectivity index (χ2n) is 6.41. The second-order valence-corrected chi connectivity index (χ2v) is 6.81. The summed E-state index contributed by atoms with van der Waals surface area (Å²) in [6.07, 6.45) is 3.10. The van der Waals surface area contributed by atoms with Gasteiger partial charge in [0.1, 0.15) is 11.3 Å². The summed E-state index contributed by atoms with van der Waals surface area (Å²) in [7, 11) is 0. The molecule has 0 spiro atoms. The molecule has 0 saturated carbocycles. The van der Waals surface area contributed by atoms with E-state index in [2.05, 4.69) is 15.6 Å². The third kappa shape index (κ3) is 4.53. The van der Waals surface area contributed by atoms with Crippen LogP contribution in [0.2, 0.25) is 0 Å². The van der Waals surface area contributed by atoms with E-state index in [1.165, 1.54) is 12.1 Å². The van der Waals surface area contributed by atoms with Crippen LogP contribution in [0.4, 0.5) is 5.69 Å². The van der Waals surface area contributed by atoms with Crippen LogP contribution in [0, 0.1) is 0 Å². The van der Waals surface area contributed by atoms with E-state index in [4.69, 9.17) is 16.6 Å². The molecule has 1 heterocycles. The van der Waals surface area contributed by atoms with Crippen molar-refractivity contribution in [1.82, 2.24) is 10.3 Å². The number of thiocarbonyl (C=S) groups is 1. The number of oxazole rings is 1. The summed E-state index contributed by atoms with van der Waals surface area (Å²) in [6, 6.07) is 21.6. The molecule has 0 aliphatic carbocycles. The molecule has 0 fully saturated rings. The zero-order valence-electron chi connectivity index (χ0n) is 15.7. The number of benzene rings is 3. The molecule has 7 heteroatoms. The Morgan fingerprint density at radius 1 is 1.03 bits per heavy atom. The van der Waals surface area contributed by atoms with Crippen molar-refractivity contribution in [3.63, 3.8) is 0 Å². The first-order valence-corrected chi connectivity index (χ1v) is 9.53. The number of aromatic hydroxyl groups is 1. The first-order chi connectivity index (χ1) is 14.6. The second kappa shape index (κ2) is 8.59. The molecule has 0 aliphatic rings. The van der Waals surface area contributed by atoms with Crippen LogP contribution >= 0.6 is 12.2 Å². The van der Waals surface area contributed by atoms with Crippen LogP contribution in [-0.2, 0) is 4.79 Å². The van der Waals surface area contributed by atoms with Crippen LogP contribution in [0.25, 0.3) is 28.6 Å². The Labute approximate surface area is 177 Å². The van der Waals surface area contributed by atoms with Gasteiger partial charge in [0, 0.05) is 11.8 Å². The maximum Gasteiger partial charge on any atom is 0.250 e. The van der Waals surface area contributed by atoms with E-state index >= 15 is 0 Å². The number of hydrogen-bond donors (Lipinski definition) is 3. The third-order valence-electron chi connectivity index (χ3n) is 4.24. The smallest absolute Gasteiger partial charge is 0.250 e. The molecule has 3 aromatic carbocycles. The monoisotopic (exact) mass is 415 g/mol. The third-order valence-corrected chi connectivity index (χ3v) is 4.45. The zero-order valence-corrected chi connectivity index (χ0v) is 16.5. The van der Waals surface area contributed by atoms with Gasteiger partial charge in [-0.05, 0) is 54.2 Å². The highest BCUT2D eigenvalue weighted by Crippen LogP contribution is 2.33. The van der Waals surface area contributed by atoms with Crippen molar-refractivity contribution in [1.29, 1.82) is 0 Å². The van der Waals surface area contributed by atoms with Crippen molar-refractivity contribution in [2.45, 2.75) is 0 Å². The lowest BCUT2D eigenvalue weighted by atomic mass is 10.1. The van der Waals surface area contributed by atoms with Gasteiger partial charge in [-0.15, -0.1) is 0 Å². The average Bonchev–Trinajstić information content (AvgIpc) is 3.18. The summed E-state index contributed by atoms with van der Waals surface area (Å²) in [5, 5.41) is 15.9. The van der Waals surface area contributed by atoms with Gasteiger partial charge in [0.25, 0.3) is 0 Å². The number of nitrogens with one attached hydrogen (secondary N) is 2. The van der Waals surface area contributed by atoms with E-state index in [1.54, 1.807) is 24.3 Å². The Balaban J connectivity index is 1.45. The quantitative estimate of drug-likeness (QED) is 0.254. The number of nitrogens with zero attached hydrogens (tertiary/aromatic N) is 1. The van der Waals surface area contributed by atoms with E-state index < -0.39 is 0 Å². The van der Waals surface area contributed by atoms with Crippen molar-refractivity contribution >= 4 is 46.1 Å². The summed E-state index contributed by atoms with van der Waals surface area (Å²) in [6.45, 7) is 0. The number of phenols is 1. The van der Waals surface area contributed by atoms with Crippen LogP contribution in [0.1, 0.15) is 5.56 Å². The van der Waals surface area contributed by atoms with E-state index in [1.807, 2.05) is 48.5 Å². The largest absolute Gasteiger partial charge is 0.507 e. The molecular formula is C23H17N3O3S. The van der Waals surface area contributed by atoms with E-state index in [0.29, 0.717) is 22.4 Å². The minimum atomic E-state index is -0.352. The number of carbonyl (C=O) groups excluding carboxylic acids is 1. The Hall–Kier alpha value is -3.97. The number of phenolic OH excluding ortho intramolecular Hbond substituents is 1. The van der Waals surface area contributed by atoms with Gasteiger partial charge in [-0.1, -0.05) is 42.5 Å². The van der Waals surface area contributed by atoms with Crippen LogP contribution < -0.4 is 10.6 Å².